The molecule has 0 bridgehead atoms. The van der Waals surface area contributed by atoms with E-state index in [0.717, 1.165) is 30.4 Å². The summed E-state index contributed by atoms with van der Waals surface area (Å²) >= 11 is 0. The molecule has 0 radical (unpaired) electrons. The molecule has 0 aromatic heterocycles. The average Bonchev–Trinajstić information content (AvgIpc) is 2.93. The lowest BCUT2D eigenvalue weighted by Gasteiger charge is -2.18. The maximum atomic E-state index is 12.3. The first-order valence-corrected chi connectivity index (χ1v) is 7.43. The molecule has 2 unspecified atom stereocenters. The van der Waals surface area contributed by atoms with E-state index in [4.69, 9.17) is 5.73 Å². The molecule has 0 saturated heterocycles. The molecule has 0 heterocycles. The van der Waals surface area contributed by atoms with Gasteiger partial charge in [0.15, 0.2) is 0 Å². The molecule has 4 N–H and O–H groups in total. The van der Waals surface area contributed by atoms with Gasteiger partial charge in [0.25, 0.3) is 5.91 Å². The van der Waals surface area contributed by atoms with Crippen molar-refractivity contribution in [1.29, 1.82) is 0 Å². The van der Waals surface area contributed by atoms with Crippen LogP contribution in [0.1, 0.15) is 35.2 Å². The summed E-state index contributed by atoms with van der Waals surface area (Å²) in [5.74, 6) is 0.720. The van der Waals surface area contributed by atoms with Crippen LogP contribution in [-0.2, 0) is 6.42 Å². The lowest BCUT2D eigenvalue weighted by atomic mass is 9.96. The fraction of sp³-hybridized carbons (Fsp3) is 0.562. The highest BCUT2D eigenvalue weighted by molar-refractivity contribution is 5.95. The van der Waals surface area contributed by atoms with Gasteiger partial charge in [0.05, 0.1) is 0 Å². The second-order valence-corrected chi connectivity index (χ2v) is 5.54. The summed E-state index contributed by atoms with van der Waals surface area (Å²) in [5, 5.41) is 12.3. The van der Waals surface area contributed by atoms with E-state index >= 15 is 0 Å². The van der Waals surface area contributed by atoms with E-state index in [9.17, 15) is 9.90 Å². The van der Waals surface area contributed by atoms with Gasteiger partial charge < -0.3 is 16.2 Å². The first-order valence-electron chi connectivity index (χ1n) is 7.43. The number of nitrogens with two attached hydrogens (primary N) is 1. The molecular weight excluding hydrogens is 252 g/mol. The number of hydrogen-bond donors (Lipinski definition) is 3. The number of benzene rings is 1. The van der Waals surface area contributed by atoms with Crippen LogP contribution in [0.25, 0.3) is 0 Å². The first kappa shape index (κ1) is 15.0. The van der Waals surface area contributed by atoms with Crippen molar-refractivity contribution in [2.75, 3.05) is 19.7 Å². The Morgan fingerprint density at radius 1 is 1.30 bits per heavy atom. The van der Waals surface area contributed by atoms with E-state index in [1.54, 1.807) is 0 Å². The zero-order valence-corrected chi connectivity index (χ0v) is 11.8. The van der Waals surface area contributed by atoms with Crippen molar-refractivity contribution in [3.8, 4) is 0 Å². The van der Waals surface area contributed by atoms with Gasteiger partial charge in [-0.05, 0) is 49.3 Å². The van der Waals surface area contributed by atoms with Crippen molar-refractivity contribution in [3.05, 3.63) is 35.4 Å². The van der Waals surface area contributed by atoms with Crippen LogP contribution < -0.4 is 11.1 Å². The van der Waals surface area contributed by atoms with Crippen LogP contribution in [0.2, 0.25) is 0 Å². The second kappa shape index (κ2) is 7.41. The van der Waals surface area contributed by atoms with Gasteiger partial charge in [0.1, 0.15) is 0 Å². The largest absolute Gasteiger partial charge is 0.396 e. The van der Waals surface area contributed by atoms with Crippen molar-refractivity contribution in [2.24, 2.45) is 17.6 Å². The van der Waals surface area contributed by atoms with Crippen LogP contribution in [0.5, 0.6) is 0 Å². The van der Waals surface area contributed by atoms with Gasteiger partial charge in [-0.3, -0.25) is 4.79 Å². The summed E-state index contributed by atoms with van der Waals surface area (Å²) in [7, 11) is 0. The number of carbonyl (C=O) groups excluding carboxylic acids is 1. The third kappa shape index (κ3) is 3.58. The minimum Gasteiger partial charge on any atom is -0.396 e. The third-order valence-electron chi connectivity index (χ3n) is 4.25. The summed E-state index contributed by atoms with van der Waals surface area (Å²) in [6.45, 7) is 1.42. The summed E-state index contributed by atoms with van der Waals surface area (Å²) in [6.07, 6.45) is 4.03. The lowest BCUT2D eigenvalue weighted by molar-refractivity contribution is 0.0937. The van der Waals surface area contributed by atoms with Crippen molar-refractivity contribution in [3.63, 3.8) is 0 Å². The minimum absolute atomic E-state index is 0.0300. The average molecular weight is 276 g/mol. The van der Waals surface area contributed by atoms with Gasteiger partial charge >= 0.3 is 0 Å². The standard InChI is InChI=1S/C16H24N2O2/c17-9-8-12-4-1-2-7-15(12)16(20)18-10-13-5-3-6-14(13)11-19/h1-2,4,7,13-14,19H,3,5-6,8-11,17H2,(H,18,20). The van der Waals surface area contributed by atoms with Gasteiger partial charge in [-0.1, -0.05) is 24.6 Å². The molecule has 1 aromatic carbocycles. The third-order valence-corrected chi connectivity index (χ3v) is 4.25. The maximum absolute atomic E-state index is 12.3. The van der Waals surface area contributed by atoms with Crippen LogP contribution >= 0.6 is 0 Å². The molecular formula is C16H24N2O2. The van der Waals surface area contributed by atoms with Gasteiger partial charge in [-0.2, -0.15) is 0 Å². The molecule has 1 aliphatic rings. The lowest BCUT2D eigenvalue weighted by Crippen LogP contribution is -2.32. The van der Waals surface area contributed by atoms with Crippen molar-refractivity contribution < 1.29 is 9.90 Å². The highest BCUT2D eigenvalue weighted by Gasteiger charge is 2.26. The van der Waals surface area contributed by atoms with Crippen LogP contribution in [0.4, 0.5) is 0 Å². The van der Waals surface area contributed by atoms with Gasteiger partial charge in [0.2, 0.25) is 0 Å². The van der Waals surface area contributed by atoms with Crippen LogP contribution in [0.15, 0.2) is 24.3 Å². The number of carbonyl (C=O) groups is 1. The normalized spacial score (nSPS) is 21.9. The number of aliphatic hydroxyl groups excluding tert-OH is 1. The first-order chi connectivity index (χ1) is 9.76. The van der Waals surface area contributed by atoms with E-state index in [0.29, 0.717) is 31.3 Å². The number of rotatable bonds is 6. The Balaban J connectivity index is 1.95. The fourth-order valence-corrected chi connectivity index (χ4v) is 3.06. The Morgan fingerprint density at radius 2 is 2.05 bits per heavy atom. The number of aliphatic hydroxyl groups is 1. The van der Waals surface area contributed by atoms with Crippen LogP contribution in [-0.4, -0.2) is 30.7 Å². The van der Waals surface area contributed by atoms with Crippen molar-refractivity contribution >= 4 is 5.91 Å². The number of hydrogen-bond acceptors (Lipinski definition) is 3. The zero-order valence-electron chi connectivity index (χ0n) is 11.8. The van der Waals surface area contributed by atoms with Gasteiger partial charge in [-0.25, -0.2) is 0 Å². The Bertz CT molecular complexity index is 448. The molecule has 1 amide bonds. The summed E-state index contributed by atoms with van der Waals surface area (Å²) < 4.78 is 0. The minimum atomic E-state index is -0.0300. The molecule has 110 valence electrons. The second-order valence-electron chi connectivity index (χ2n) is 5.54. The zero-order chi connectivity index (χ0) is 14.4. The topological polar surface area (TPSA) is 75.4 Å². The van der Waals surface area contributed by atoms with Crippen LogP contribution in [0, 0.1) is 11.8 Å². The van der Waals surface area contributed by atoms with E-state index in [1.807, 2.05) is 24.3 Å². The Hall–Kier alpha value is -1.39. The number of nitrogens with one attached hydrogen (secondary N) is 1. The quantitative estimate of drug-likeness (QED) is 0.733. The SMILES string of the molecule is NCCc1ccccc1C(=O)NCC1CCCC1CO. The van der Waals surface area contributed by atoms with Gasteiger partial charge in [-0.15, -0.1) is 0 Å². The van der Waals surface area contributed by atoms with Gasteiger partial charge in [0, 0.05) is 18.7 Å². The summed E-state index contributed by atoms with van der Waals surface area (Å²) in [5.41, 5.74) is 7.30. The highest BCUT2D eigenvalue weighted by atomic mass is 16.3. The molecule has 1 saturated carbocycles. The molecule has 2 atom stereocenters. The molecule has 20 heavy (non-hydrogen) atoms. The van der Waals surface area contributed by atoms with Crippen molar-refractivity contribution in [1.82, 2.24) is 5.32 Å². The smallest absolute Gasteiger partial charge is 0.251 e. The van der Waals surface area contributed by atoms with E-state index < -0.39 is 0 Å². The van der Waals surface area contributed by atoms with E-state index in [2.05, 4.69) is 5.32 Å². The molecule has 0 spiro atoms. The molecule has 4 nitrogen and oxygen atoms in total. The monoisotopic (exact) mass is 276 g/mol. The predicted molar refractivity (Wildman–Crippen MR) is 79.5 cm³/mol. The van der Waals surface area contributed by atoms with E-state index in [-0.39, 0.29) is 12.5 Å². The highest BCUT2D eigenvalue weighted by Crippen LogP contribution is 2.30. The van der Waals surface area contributed by atoms with Crippen molar-refractivity contribution in [2.45, 2.75) is 25.7 Å². The Morgan fingerprint density at radius 3 is 2.80 bits per heavy atom. The summed E-state index contributed by atoms with van der Waals surface area (Å²) in [4.78, 5) is 12.3. The Labute approximate surface area is 120 Å². The van der Waals surface area contributed by atoms with Crippen LogP contribution in [0.3, 0.4) is 0 Å². The molecule has 1 aliphatic carbocycles. The predicted octanol–water partition coefficient (Wildman–Crippen LogP) is 1.33. The molecule has 0 aliphatic heterocycles. The molecule has 2 rings (SSSR count). The molecule has 1 fully saturated rings. The number of amides is 1. The molecule has 1 aromatic rings. The maximum Gasteiger partial charge on any atom is 0.251 e. The molecule has 4 heteroatoms. The fourth-order valence-electron chi connectivity index (χ4n) is 3.06. The Kier molecular flexibility index (Phi) is 5.56. The van der Waals surface area contributed by atoms with E-state index in [1.165, 1.54) is 0 Å². The summed E-state index contributed by atoms with van der Waals surface area (Å²) in [6, 6.07) is 7.61.